The molecular weight excluding hydrogens is 418 g/mol. The summed E-state index contributed by atoms with van der Waals surface area (Å²) in [7, 11) is 0. The lowest BCUT2D eigenvalue weighted by Gasteiger charge is -2.08. The van der Waals surface area contributed by atoms with Crippen molar-refractivity contribution in [2.24, 2.45) is 0 Å². The van der Waals surface area contributed by atoms with Crippen molar-refractivity contribution in [1.82, 2.24) is 19.1 Å². The summed E-state index contributed by atoms with van der Waals surface area (Å²) in [6.07, 6.45) is 1.80. The highest BCUT2D eigenvalue weighted by Gasteiger charge is 2.20. The zero-order chi connectivity index (χ0) is 22.6. The van der Waals surface area contributed by atoms with Gasteiger partial charge in [-0.15, -0.1) is 0 Å². The highest BCUT2D eigenvalue weighted by Crippen LogP contribution is 2.36. The Balaban J connectivity index is 1.68. The van der Waals surface area contributed by atoms with Gasteiger partial charge in [0.25, 0.3) is 0 Å². The van der Waals surface area contributed by atoms with E-state index in [-0.39, 0.29) is 0 Å². The number of hydrogen-bond acceptors (Lipinski definition) is 3. The van der Waals surface area contributed by atoms with Gasteiger partial charge in [0.2, 0.25) is 0 Å². The number of fused-ring (bicyclic) bond motifs is 6. The molecule has 4 aromatic heterocycles. The Hall–Kier alpha value is -4.95. The van der Waals surface area contributed by atoms with E-state index in [1.165, 1.54) is 0 Å². The van der Waals surface area contributed by atoms with Gasteiger partial charge in [0, 0.05) is 28.3 Å². The highest BCUT2D eigenvalue weighted by atomic mass is 15.1. The molecule has 0 spiro atoms. The smallest absolute Gasteiger partial charge is 0.146 e. The van der Waals surface area contributed by atoms with Gasteiger partial charge in [-0.2, -0.15) is 5.26 Å². The molecule has 7 aromatic rings. The standard InChI is InChI=1S/C29H17N5/c30-18-19-8-6-11-21(16-19)33-25-14-7-15-31-27(25)28-26(33)17-23-22-12-4-5-13-24(22)34(29(23)32-28)20-9-2-1-3-10-20/h1-17H. The van der Waals surface area contributed by atoms with E-state index in [0.717, 1.165) is 55.4 Å². The lowest BCUT2D eigenvalue weighted by Crippen LogP contribution is -1.96. The largest absolute Gasteiger partial charge is 0.306 e. The van der Waals surface area contributed by atoms with Crippen LogP contribution in [0.25, 0.3) is 55.4 Å². The minimum Gasteiger partial charge on any atom is -0.306 e. The Morgan fingerprint density at radius 1 is 0.618 bits per heavy atom. The molecule has 5 nitrogen and oxygen atoms in total. The molecule has 0 aliphatic carbocycles. The maximum Gasteiger partial charge on any atom is 0.146 e. The normalized spacial score (nSPS) is 11.5. The summed E-state index contributed by atoms with van der Waals surface area (Å²) in [5.41, 5.74) is 8.22. The molecule has 0 aliphatic rings. The van der Waals surface area contributed by atoms with Gasteiger partial charge >= 0.3 is 0 Å². The van der Waals surface area contributed by atoms with E-state index >= 15 is 0 Å². The van der Waals surface area contributed by atoms with Crippen molar-refractivity contribution in [3.8, 4) is 17.4 Å². The zero-order valence-electron chi connectivity index (χ0n) is 18.1. The zero-order valence-corrected chi connectivity index (χ0v) is 18.1. The predicted octanol–water partition coefficient (Wildman–Crippen LogP) is 6.54. The van der Waals surface area contributed by atoms with E-state index in [4.69, 9.17) is 9.97 Å². The van der Waals surface area contributed by atoms with Crippen molar-refractivity contribution < 1.29 is 0 Å². The first-order valence-electron chi connectivity index (χ1n) is 11.1. The van der Waals surface area contributed by atoms with Crippen molar-refractivity contribution in [3.05, 3.63) is 109 Å². The minimum absolute atomic E-state index is 0.617. The van der Waals surface area contributed by atoms with Crippen molar-refractivity contribution >= 4 is 44.0 Å². The second-order valence-electron chi connectivity index (χ2n) is 8.28. The van der Waals surface area contributed by atoms with Crippen LogP contribution in [0, 0.1) is 11.3 Å². The number of para-hydroxylation sites is 2. The summed E-state index contributed by atoms with van der Waals surface area (Å²) in [4.78, 5) is 9.93. The van der Waals surface area contributed by atoms with E-state index in [1.807, 2.05) is 48.5 Å². The van der Waals surface area contributed by atoms with E-state index in [2.05, 4.69) is 63.7 Å². The molecule has 7 rings (SSSR count). The molecule has 0 bridgehead atoms. The Bertz CT molecular complexity index is 1920. The Kier molecular flexibility index (Phi) is 3.84. The van der Waals surface area contributed by atoms with Crippen LogP contribution in [0.1, 0.15) is 5.56 Å². The maximum absolute atomic E-state index is 9.47. The van der Waals surface area contributed by atoms with Crippen molar-refractivity contribution in [2.75, 3.05) is 0 Å². The van der Waals surface area contributed by atoms with Crippen LogP contribution in [0.15, 0.2) is 103 Å². The number of hydrogen-bond donors (Lipinski definition) is 0. The number of nitriles is 1. The summed E-state index contributed by atoms with van der Waals surface area (Å²) >= 11 is 0. The van der Waals surface area contributed by atoms with E-state index < -0.39 is 0 Å². The monoisotopic (exact) mass is 435 g/mol. The molecule has 5 heteroatoms. The first-order chi connectivity index (χ1) is 16.8. The van der Waals surface area contributed by atoms with Gasteiger partial charge in [-0.3, -0.25) is 9.55 Å². The van der Waals surface area contributed by atoms with Gasteiger partial charge in [-0.1, -0.05) is 42.5 Å². The van der Waals surface area contributed by atoms with Gasteiger partial charge in [-0.05, 0) is 54.6 Å². The third-order valence-electron chi connectivity index (χ3n) is 6.37. The molecule has 4 heterocycles. The number of nitrogens with zero attached hydrogens (tertiary/aromatic N) is 5. The fourth-order valence-corrected chi connectivity index (χ4v) is 4.94. The fourth-order valence-electron chi connectivity index (χ4n) is 4.94. The molecule has 158 valence electrons. The predicted molar refractivity (Wildman–Crippen MR) is 135 cm³/mol. The van der Waals surface area contributed by atoms with Crippen LogP contribution in [0.5, 0.6) is 0 Å². The number of benzene rings is 3. The molecule has 0 saturated heterocycles. The van der Waals surface area contributed by atoms with E-state index in [9.17, 15) is 5.26 Å². The third kappa shape index (κ3) is 2.54. The summed E-state index contributed by atoms with van der Waals surface area (Å²) in [5.74, 6) is 0. The Morgan fingerprint density at radius 2 is 1.41 bits per heavy atom. The summed E-state index contributed by atoms with van der Waals surface area (Å²) in [6, 6.07) is 34.8. The fraction of sp³-hybridized carbons (Fsp3) is 0. The summed E-state index contributed by atoms with van der Waals surface area (Å²) < 4.78 is 4.37. The van der Waals surface area contributed by atoms with Crippen LogP contribution in [0.4, 0.5) is 0 Å². The van der Waals surface area contributed by atoms with Crippen LogP contribution in [-0.4, -0.2) is 19.1 Å². The number of rotatable bonds is 2. The number of pyridine rings is 2. The van der Waals surface area contributed by atoms with Crippen LogP contribution in [0.2, 0.25) is 0 Å². The lowest BCUT2D eigenvalue weighted by molar-refractivity contribution is 1.14. The minimum atomic E-state index is 0.617. The van der Waals surface area contributed by atoms with Gasteiger partial charge in [0.15, 0.2) is 0 Å². The quantitative estimate of drug-likeness (QED) is 0.310. The van der Waals surface area contributed by atoms with Gasteiger partial charge in [-0.25, -0.2) is 4.98 Å². The maximum atomic E-state index is 9.47. The molecule has 0 saturated carbocycles. The first kappa shape index (κ1) is 18.6. The Morgan fingerprint density at radius 3 is 2.29 bits per heavy atom. The molecule has 0 fully saturated rings. The number of aromatic nitrogens is 4. The van der Waals surface area contributed by atoms with Gasteiger partial charge < -0.3 is 4.57 Å². The third-order valence-corrected chi connectivity index (χ3v) is 6.37. The second-order valence-corrected chi connectivity index (χ2v) is 8.28. The molecule has 0 aliphatic heterocycles. The van der Waals surface area contributed by atoms with Crippen LogP contribution in [-0.2, 0) is 0 Å². The Labute approximate surface area is 194 Å². The molecule has 0 unspecified atom stereocenters. The van der Waals surface area contributed by atoms with Crippen LogP contribution < -0.4 is 0 Å². The van der Waals surface area contributed by atoms with Crippen molar-refractivity contribution in [2.45, 2.75) is 0 Å². The molecule has 0 N–H and O–H groups in total. The molecule has 0 radical (unpaired) electrons. The van der Waals surface area contributed by atoms with Crippen LogP contribution in [0.3, 0.4) is 0 Å². The second kappa shape index (κ2) is 7.03. The van der Waals surface area contributed by atoms with E-state index in [0.29, 0.717) is 5.56 Å². The molecule has 0 atom stereocenters. The summed E-state index contributed by atoms with van der Waals surface area (Å²) in [6.45, 7) is 0. The molecule has 3 aromatic carbocycles. The SMILES string of the molecule is N#Cc1cccc(-n2c3cccnc3c3nc4c(cc32)c2ccccc2n4-c2ccccc2)c1. The van der Waals surface area contributed by atoms with Gasteiger partial charge in [0.05, 0.1) is 28.2 Å². The van der Waals surface area contributed by atoms with Crippen LogP contribution >= 0.6 is 0 Å². The first-order valence-corrected chi connectivity index (χ1v) is 11.1. The molecule has 34 heavy (non-hydrogen) atoms. The lowest BCUT2D eigenvalue weighted by atomic mass is 10.2. The van der Waals surface area contributed by atoms with Crippen molar-refractivity contribution in [3.63, 3.8) is 0 Å². The summed E-state index contributed by atoms with van der Waals surface area (Å²) in [5, 5.41) is 11.7. The van der Waals surface area contributed by atoms with Crippen molar-refractivity contribution in [1.29, 1.82) is 5.26 Å². The topological polar surface area (TPSA) is 59.4 Å². The molecule has 0 amide bonds. The molecular formula is C29H17N5. The van der Waals surface area contributed by atoms with E-state index in [1.54, 1.807) is 6.20 Å². The average Bonchev–Trinajstić information content (AvgIpc) is 3.40. The highest BCUT2D eigenvalue weighted by molar-refractivity contribution is 6.14. The van der Waals surface area contributed by atoms with Gasteiger partial charge in [0.1, 0.15) is 16.7 Å². The average molecular weight is 435 g/mol.